The van der Waals surface area contributed by atoms with Crippen molar-refractivity contribution in [2.24, 2.45) is 0 Å². The fraction of sp³-hybridized carbons (Fsp3) is 0.692. The highest BCUT2D eigenvalue weighted by Gasteiger charge is 2.24. The van der Waals surface area contributed by atoms with Crippen molar-refractivity contribution in [1.82, 2.24) is 9.97 Å². The largest absolute Gasteiger partial charge is 0.370 e. The average molecular weight is 266 g/mol. The van der Waals surface area contributed by atoms with Crippen molar-refractivity contribution in [1.29, 1.82) is 0 Å². The second kappa shape index (κ2) is 6.27. The molecule has 1 aliphatic carbocycles. The van der Waals surface area contributed by atoms with Crippen LogP contribution in [0, 0.1) is 6.92 Å². The highest BCUT2D eigenvalue weighted by molar-refractivity contribution is 7.99. The van der Waals surface area contributed by atoms with Gasteiger partial charge in [-0.05, 0) is 39.4 Å². The molecule has 1 aromatic rings. The quantitative estimate of drug-likeness (QED) is 0.858. The van der Waals surface area contributed by atoms with Gasteiger partial charge in [-0.2, -0.15) is 11.8 Å². The summed E-state index contributed by atoms with van der Waals surface area (Å²) in [5.41, 5.74) is 1.12. The monoisotopic (exact) mass is 266 g/mol. The van der Waals surface area contributed by atoms with Crippen LogP contribution in [0.4, 0.5) is 11.6 Å². The fourth-order valence-corrected chi connectivity index (χ4v) is 3.22. The molecule has 1 fully saturated rings. The van der Waals surface area contributed by atoms with Gasteiger partial charge in [0.2, 0.25) is 0 Å². The van der Waals surface area contributed by atoms with E-state index in [2.05, 4.69) is 40.7 Å². The lowest BCUT2D eigenvalue weighted by Gasteiger charge is -2.16. The summed E-state index contributed by atoms with van der Waals surface area (Å²) in [7, 11) is 0. The van der Waals surface area contributed by atoms with Crippen LogP contribution < -0.4 is 10.6 Å². The van der Waals surface area contributed by atoms with E-state index < -0.39 is 0 Å². The normalized spacial score (nSPS) is 23.1. The molecule has 2 atom stereocenters. The van der Waals surface area contributed by atoms with Crippen LogP contribution in [0.3, 0.4) is 0 Å². The molecule has 1 aromatic heterocycles. The number of nitrogens with zero attached hydrogens (tertiary/aromatic N) is 2. The molecule has 0 bridgehead atoms. The lowest BCUT2D eigenvalue weighted by Crippen LogP contribution is -2.18. The molecule has 2 rings (SSSR count). The molecule has 18 heavy (non-hydrogen) atoms. The number of aromatic nitrogens is 2. The predicted octanol–water partition coefficient (Wildman–Crippen LogP) is 2.91. The number of anilines is 2. The summed E-state index contributed by atoms with van der Waals surface area (Å²) < 4.78 is 0. The van der Waals surface area contributed by atoms with Gasteiger partial charge < -0.3 is 10.6 Å². The summed E-state index contributed by atoms with van der Waals surface area (Å²) in [6.45, 7) is 5.03. The van der Waals surface area contributed by atoms with Crippen molar-refractivity contribution in [2.75, 3.05) is 23.4 Å². The Kier molecular flexibility index (Phi) is 4.69. The molecule has 5 heteroatoms. The van der Waals surface area contributed by atoms with Crippen molar-refractivity contribution in [3.8, 4) is 0 Å². The second-order valence-electron chi connectivity index (χ2n) is 4.74. The minimum atomic E-state index is 0.561. The van der Waals surface area contributed by atoms with Crippen molar-refractivity contribution < 1.29 is 0 Å². The van der Waals surface area contributed by atoms with Gasteiger partial charge >= 0.3 is 0 Å². The molecule has 1 aliphatic rings. The molecule has 1 heterocycles. The number of hydrogen-bond donors (Lipinski definition) is 2. The Morgan fingerprint density at radius 2 is 2.11 bits per heavy atom. The summed E-state index contributed by atoms with van der Waals surface area (Å²) >= 11 is 1.98. The molecule has 0 spiro atoms. The predicted molar refractivity (Wildman–Crippen MR) is 79.5 cm³/mol. The van der Waals surface area contributed by atoms with Gasteiger partial charge in [-0.25, -0.2) is 9.97 Å². The Hall–Kier alpha value is -0.970. The van der Waals surface area contributed by atoms with Crippen LogP contribution in [0.5, 0.6) is 0 Å². The number of nitrogens with one attached hydrogen (secondary N) is 2. The molecule has 0 saturated heterocycles. The highest BCUT2D eigenvalue weighted by Crippen LogP contribution is 2.31. The minimum Gasteiger partial charge on any atom is -0.370 e. The molecule has 0 amide bonds. The summed E-state index contributed by atoms with van der Waals surface area (Å²) in [6.07, 6.45) is 7.62. The molecular formula is C13H22N4S. The van der Waals surface area contributed by atoms with E-state index in [4.69, 9.17) is 0 Å². The minimum absolute atomic E-state index is 0.561. The van der Waals surface area contributed by atoms with E-state index in [1.807, 2.05) is 11.8 Å². The van der Waals surface area contributed by atoms with Crippen LogP contribution in [0.15, 0.2) is 6.33 Å². The van der Waals surface area contributed by atoms with Crippen LogP contribution in [0.1, 0.15) is 31.7 Å². The zero-order chi connectivity index (χ0) is 13.0. The van der Waals surface area contributed by atoms with Gasteiger partial charge in [0, 0.05) is 23.4 Å². The van der Waals surface area contributed by atoms with Gasteiger partial charge in [-0.3, -0.25) is 0 Å². The first kappa shape index (κ1) is 13.5. The third-order valence-electron chi connectivity index (χ3n) is 3.49. The smallest absolute Gasteiger partial charge is 0.134 e. The van der Waals surface area contributed by atoms with Gasteiger partial charge in [0.15, 0.2) is 0 Å². The third-order valence-corrected chi connectivity index (χ3v) is 4.58. The van der Waals surface area contributed by atoms with Crippen molar-refractivity contribution >= 4 is 23.4 Å². The molecule has 100 valence electrons. The number of hydrogen-bond acceptors (Lipinski definition) is 5. The number of thioether (sulfide) groups is 1. The van der Waals surface area contributed by atoms with Crippen molar-refractivity contribution in [3.63, 3.8) is 0 Å². The number of rotatable bonds is 5. The van der Waals surface area contributed by atoms with Gasteiger partial charge in [-0.15, -0.1) is 0 Å². The van der Waals surface area contributed by atoms with E-state index >= 15 is 0 Å². The molecule has 1 saturated carbocycles. The van der Waals surface area contributed by atoms with E-state index in [-0.39, 0.29) is 0 Å². The topological polar surface area (TPSA) is 49.8 Å². The zero-order valence-electron chi connectivity index (χ0n) is 11.4. The van der Waals surface area contributed by atoms with Gasteiger partial charge in [0.1, 0.15) is 18.0 Å². The Bertz CT molecular complexity index is 397. The summed E-state index contributed by atoms with van der Waals surface area (Å²) in [5, 5.41) is 7.64. The summed E-state index contributed by atoms with van der Waals surface area (Å²) in [6, 6.07) is 0.561. The molecular weight excluding hydrogens is 244 g/mol. The zero-order valence-corrected chi connectivity index (χ0v) is 12.2. The molecule has 2 N–H and O–H groups in total. The second-order valence-corrected chi connectivity index (χ2v) is 5.88. The van der Waals surface area contributed by atoms with Crippen LogP contribution in [-0.4, -0.2) is 34.1 Å². The maximum absolute atomic E-state index is 4.37. The standard InChI is InChI=1S/C13H22N4S/c1-4-14-12-9(2)13(16-8-15-12)17-10-5-6-11(7-10)18-3/h8,10-11H,4-7H2,1-3H3,(H2,14,15,16,17). The maximum atomic E-state index is 4.37. The lowest BCUT2D eigenvalue weighted by molar-refractivity contribution is 0.750. The Morgan fingerprint density at radius 1 is 1.33 bits per heavy atom. The Balaban J connectivity index is 2.03. The molecule has 0 radical (unpaired) electrons. The first-order chi connectivity index (χ1) is 8.74. The van der Waals surface area contributed by atoms with Crippen molar-refractivity contribution in [2.45, 2.75) is 44.4 Å². The third kappa shape index (κ3) is 3.07. The van der Waals surface area contributed by atoms with E-state index in [0.717, 1.165) is 29.0 Å². The SMILES string of the molecule is CCNc1ncnc(NC2CCC(SC)C2)c1C. The van der Waals surface area contributed by atoms with E-state index in [1.54, 1.807) is 6.33 Å². The summed E-state index contributed by atoms with van der Waals surface area (Å²) in [5.74, 6) is 1.92. The van der Waals surface area contributed by atoms with Crippen molar-refractivity contribution in [3.05, 3.63) is 11.9 Å². The van der Waals surface area contributed by atoms with Crippen LogP contribution in [-0.2, 0) is 0 Å². The van der Waals surface area contributed by atoms with E-state index in [9.17, 15) is 0 Å². The van der Waals surface area contributed by atoms with E-state index in [0.29, 0.717) is 6.04 Å². The van der Waals surface area contributed by atoms with E-state index in [1.165, 1.54) is 19.3 Å². The Labute approximate surface area is 113 Å². The maximum Gasteiger partial charge on any atom is 0.134 e. The first-order valence-corrected chi connectivity index (χ1v) is 7.88. The first-order valence-electron chi connectivity index (χ1n) is 6.59. The molecule has 0 aromatic carbocycles. The van der Waals surface area contributed by atoms with Gasteiger partial charge in [0.05, 0.1) is 0 Å². The van der Waals surface area contributed by atoms with Crippen LogP contribution in [0.25, 0.3) is 0 Å². The van der Waals surface area contributed by atoms with Gasteiger partial charge in [-0.1, -0.05) is 0 Å². The highest BCUT2D eigenvalue weighted by atomic mass is 32.2. The molecule has 0 aliphatic heterocycles. The fourth-order valence-electron chi connectivity index (χ4n) is 2.42. The average Bonchev–Trinajstić information content (AvgIpc) is 2.82. The lowest BCUT2D eigenvalue weighted by atomic mass is 10.2. The molecule has 2 unspecified atom stereocenters. The van der Waals surface area contributed by atoms with Crippen LogP contribution in [0.2, 0.25) is 0 Å². The Morgan fingerprint density at radius 3 is 2.78 bits per heavy atom. The van der Waals surface area contributed by atoms with Crippen LogP contribution >= 0.6 is 11.8 Å². The summed E-state index contributed by atoms with van der Waals surface area (Å²) in [4.78, 5) is 8.63. The molecule has 4 nitrogen and oxygen atoms in total. The van der Waals surface area contributed by atoms with Gasteiger partial charge in [0.25, 0.3) is 0 Å².